The van der Waals surface area contributed by atoms with Gasteiger partial charge in [-0.15, -0.1) is 24.0 Å². The van der Waals surface area contributed by atoms with Gasteiger partial charge in [-0.05, 0) is 51.2 Å². The molecule has 2 N–H and O–H groups in total. The molecule has 0 atom stereocenters. The number of fused-ring (bicyclic) bond motifs is 1. The minimum Gasteiger partial charge on any atom is -0.492 e. The Morgan fingerprint density at radius 1 is 1.10 bits per heavy atom. The van der Waals surface area contributed by atoms with Crippen LogP contribution in [-0.4, -0.2) is 58.0 Å². The smallest absolute Gasteiger partial charge is 0.231 e. The third kappa shape index (κ3) is 8.10. The fourth-order valence-electron chi connectivity index (χ4n) is 3.04. The summed E-state index contributed by atoms with van der Waals surface area (Å²) in [7, 11) is 4.08. The van der Waals surface area contributed by atoms with Gasteiger partial charge in [-0.3, -0.25) is 0 Å². The van der Waals surface area contributed by atoms with Crippen LogP contribution in [0.25, 0.3) is 0 Å². The minimum absolute atomic E-state index is 0. The van der Waals surface area contributed by atoms with Crippen molar-refractivity contribution in [3.63, 3.8) is 0 Å². The second-order valence-corrected chi connectivity index (χ2v) is 7.32. The highest BCUT2D eigenvalue weighted by molar-refractivity contribution is 14.0. The molecule has 0 bridgehead atoms. The van der Waals surface area contributed by atoms with Crippen molar-refractivity contribution >= 4 is 29.9 Å². The van der Waals surface area contributed by atoms with E-state index in [9.17, 15) is 0 Å². The van der Waals surface area contributed by atoms with Gasteiger partial charge in [-0.2, -0.15) is 0 Å². The van der Waals surface area contributed by atoms with Crippen molar-refractivity contribution in [1.82, 2.24) is 15.5 Å². The zero-order chi connectivity index (χ0) is 21.2. The first-order chi connectivity index (χ1) is 14.7. The number of likely N-dealkylation sites (N-methyl/N-ethyl adjacent to an activating group) is 1. The highest BCUT2D eigenvalue weighted by Gasteiger charge is 2.13. The Hall–Kier alpha value is -2.20. The molecule has 0 fully saturated rings. The second-order valence-electron chi connectivity index (χ2n) is 7.32. The number of guanidine groups is 1. The fourth-order valence-corrected chi connectivity index (χ4v) is 3.04. The molecule has 2 aromatic carbocycles. The van der Waals surface area contributed by atoms with E-state index in [-0.39, 0.29) is 24.0 Å². The van der Waals surface area contributed by atoms with Crippen molar-refractivity contribution in [2.24, 2.45) is 4.99 Å². The molecule has 0 saturated carbocycles. The van der Waals surface area contributed by atoms with Gasteiger partial charge < -0.3 is 29.7 Å². The Kier molecular flexibility index (Phi) is 10.7. The van der Waals surface area contributed by atoms with Crippen molar-refractivity contribution in [1.29, 1.82) is 0 Å². The van der Waals surface area contributed by atoms with Gasteiger partial charge in [0.2, 0.25) is 6.79 Å². The van der Waals surface area contributed by atoms with Gasteiger partial charge in [0, 0.05) is 25.2 Å². The lowest BCUT2D eigenvalue weighted by Gasteiger charge is -2.14. The van der Waals surface area contributed by atoms with Crippen molar-refractivity contribution in [2.75, 3.05) is 47.1 Å². The minimum atomic E-state index is 0. The molecular formula is C23H33IN4O3. The van der Waals surface area contributed by atoms with Crippen LogP contribution in [0.4, 0.5) is 0 Å². The monoisotopic (exact) mass is 540 g/mol. The molecule has 3 rings (SSSR count). The topological polar surface area (TPSA) is 67.4 Å². The molecule has 7 nitrogen and oxygen atoms in total. The number of ether oxygens (including phenoxy) is 3. The number of hydrogen-bond donors (Lipinski definition) is 2. The lowest BCUT2D eigenvalue weighted by Crippen LogP contribution is -2.38. The van der Waals surface area contributed by atoms with Crippen LogP contribution in [0.3, 0.4) is 0 Å². The Morgan fingerprint density at radius 2 is 1.90 bits per heavy atom. The number of benzene rings is 2. The van der Waals surface area contributed by atoms with Gasteiger partial charge in [0.1, 0.15) is 12.4 Å². The Morgan fingerprint density at radius 3 is 2.71 bits per heavy atom. The molecule has 8 heteroatoms. The Balaban J connectivity index is 0.00000341. The Bertz CT molecular complexity index is 845. The quantitative estimate of drug-likeness (QED) is 0.274. The average Bonchev–Trinajstić information content (AvgIpc) is 3.20. The van der Waals surface area contributed by atoms with E-state index in [0.717, 1.165) is 54.8 Å². The molecule has 0 saturated heterocycles. The van der Waals surface area contributed by atoms with E-state index in [1.165, 1.54) is 5.56 Å². The van der Waals surface area contributed by atoms with E-state index < -0.39 is 0 Å². The van der Waals surface area contributed by atoms with Crippen LogP contribution in [0.15, 0.2) is 47.5 Å². The van der Waals surface area contributed by atoms with Crippen LogP contribution >= 0.6 is 24.0 Å². The van der Waals surface area contributed by atoms with Crippen LogP contribution in [0.1, 0.15) is 18.1 Å². The molecule has 170 valence electrons. The molecule has 0 amide bonds. The molecule has 0 unspecified atom stereocenters. The molecule has 2 aromatic rings. The highest BCUT2D eigenvalue weighted by atomic mass is 127. The lowest BCUT2D eigenvalue weighted by molar-refractivity contribution is 0.174. The van der Waals surface area contributed by atoms with E-state index in [0.29, 0.717) is 19.9 Å². The average molecular weight is 540 g/mol. The number of halogens is 1. The van der Waals surface area contributed by atoms with E-state index in [2.05, 4.69) is 34.6 Å². The third-order valence-electron chi connectivity index (χ3n) is 4.66. The summed E-state index contributed by atoms with van der Waals surface area (Å²) in [5.41, 5.74) is 2.27. The summed E-state index contributed by atoms with van der Waals surface area (Å²) in [5.74, 6) is 3.31. The van der Waals surface area contributed by atoms with E-state index in [4.69, 9.17) is 19.2 Å². The zero-order valence-corrected chi connectivity index (χ0v) is 20.8. The molecule has 1 aliphatic heterocycles. The van der Waals surface area contributed by atoms with Crippen molar-refractivity contribution in [3.05, 3.63) is 53.6 Å². The number of nitrogens with zero attached hydrogens (tertiary/aromatic N) is 2. The first-order valence-corrected chi connectivity index (χ1v) is 10.4. The molecule has 1 heterocycles. The summed E-state index contributed by atoms with van der Waals surface area (Å²) in [6, 6.07) is 14.1. The number of nitrogens with one attached hydrogen (secondary N) is 2. The normalized spacial score (nSPS) is 12.5. The fraction of sp³-hybridized carbons (Fsp3) is 0.435. The SMILES string of the molecule is CCNC(=NCc1ccccc1OCCN(C)C)NCCc1ccc2c(c1)OCO2.I. The maximum absolute atomic E-state index is 5.94. The van der Waals surface area contributed by atoms with Crippen LogP contribution < -0.4 is 24.8 Å². The van der Waals surface area contributed by atoms with Crippen molar-refractivity contribution in [2.45, 2.75) is 19.9 Å². The summed E-state index contributed by atoms with van der Waals surface area (Å²) in [4.78, 5) is 6.84. The van der Waals surface area contributed by atoms with Crippen LogP contribution in [0, 0.1) is 0 Å². The number of hydrogen-bond acceptors (Lipinski definition) is 5. The molecular weight excluding hydrogens is 507 g/mol. The van der Waals surface area contributed by atoms with Crippen molar-refractivity contribution in [3.8, 4) is 17.2 Å². The highest BCUT2D eigenvalue weighted by Crippen LogP contribution is 2.32. The maximum Gasteiger partial charge on any atom is 0.231 e. The number of para-hydroxylation sites is 1. The van der Waals surface area contributed by atoms with Gasteiger partial charge in [0.25, 0.3) is 0 Å². The van der Waals surface area contributed by atoms with Gasteiger partial charge in [0.15, 0.2) is 17.5 Å². The standard InChI is InChI=1S/C23H32N4O3.HI/c1-4-24-23(25-12-11-18-9-10-21-22(15-18)30-17-29-21)26-16-19-7-5-6-8-20(19)28-14-13-27(2)3;/h5-10,15H,4,11-14,16-17H2,1-3H3,(H2,24,25,26);1H. The summed E-state index contributed by atoms with van der Waals surface area (Å²) in [6.07, 6.45) is 0.866. The molecule has 0 spiro atoms. The maximum atomic E-state index is 5.94. The third-order valence-corrected chi connectivity index (χ3v) is 4.66. The van der Waals surface area contributed by atoms with Gasteiger partial charge >= 0.3 is 0 Å². The van der Waals surface area contributed by atoms with Gasteiger partial charge in [0.05, 0.1) is 6.54 Å². The predicted octanol–water partition coefficient (Wildman–Crippen LogP) is 3.27. The molecule has 0 aliphatic carbocycles. The van der Waals surface area contributed by atoms with E-state index in [1.54, 1.807) is 0 Å². The largest absolute Gasteiger partial charge is 0.492 e. The lowest BCUT2D eigenvalue weighted by atomic mass is 10.1. The molecule has 0 aromatic heterocycles. The number of rotatable bonds is 10. The summed E-state index contributed by atoms with van der Waals surface area (Å²) >= 11 is 0. The number of aliphatic imine (C=N–C) groups is 1. The van der Waals surface area contributed by atoms with Crippen LogP contribution in [0.5, 0.6) is 17.2 Å². The van der Waals surface area contributed by atoms with Gasteiger partial charge in [-0.1, -0.05) is 24.3 Å². The molecule has 0 radical (unpaired) electrons. The molecule has 1 aliphatic rings. The van der Waals surface area contributed by atoms with E-state index >= 15 is 0 Å². The van der Waals surface area contributed by atoms with E-state index in [1.807, 2.05) is 44.4 Å². The second kappa shape index (κ2) is 13.3. The van der Waals surface area contributed by atoms with Crippen LogP contribution in [0.2, 0.25) is 0 Å². The van der Waals surface area contributed by atoms with Crippen molar-refractivity contribution < 1.29 is 14.2 Å². The first-order valence-electron chi connectivity index (χ1n) is 10.4. The predicted molar refractivity (Wildman–Crippen MR) is 135 cm³/mol. The zero-order valence-electron chi connectivity index (χ0n) is 18.5. The summed E-state index contributed by atoms with van der Waals surface area (Å²) in [6.45, 7) is 6.02. The van der Waals surface area contributed by atoms with Gasteiger partial charge in [-0.25, -0.2) is 4.99 Å². The van der Waals surface area contributed by atoms with Crippen LogP contribution in [-0.2, 0) is 13.0 Å². The Labute approximate surface area is 202 Å². The molecule has 31 heavy (non-hydrogen) atoms. The summed E-state index contributed by atoms with van der Waals surface area (Å²) in [5, 5.41) is 6.71. The summed E-state index contributed by atoms with van der Waals surface area (Å²) < 4.78 is 16.8. The first kappa shape index (κ1) is 25.1.